The summed E-state index contributed by atoms with van der Waals surface area (Å²) >= 11 is 0. The van der Waals surface area contributed by atoms with E-state index in [9.17, 15) is 0 Å². The van der Waals surface area contributed by atoms with Gasteiger partial charge >= 0.3 is 0 Å². The molecule has 1 rings (SSSR count). The normalized spacial score (nSPS) is 7.57. The number of aryl methyl sites for hydroxylation is 1. The van der Waals surface area contributed by atoms with Gasteiger partial charge in [-0.15, -0.1) is 0 Å². The van der Waals surface area contributed by atoms with E-state index in [1.165, 1.54) is 0 Å². The van der Waals surface area contributed by atoms with Crippen LogP contribution in [0.3, 0.4) is 0 Å². The molecule has 0 amide bonds. The predicted molar refractivity (Wildman–Crippen MR) is 20.1 cm³/mol. The number of aromatic nitrogens is 1. The Kier molecular flexibility index (Phi) is 2.85. The van der Waals surface area contributed by atoms with E-state index in [0.29, 0.717) is 0 Å². The van der Waals surface area contributed by atoms with Crippen molar-refractivity contribution in [2.24, 2.45) is 0 Å². The van der Waals surface area contributed by atoms with Gasteiger partial charge in [-0.25, -0.2) is 0 Å². The van der Waals surface area contributed by atoms with Crippen LogP contribution >= 0.6 is 0 Å². The Morgan fingerprint density at radius 3 is 2.71 bits per heavy atom. The molecule has 3 heteroatoms. The topological polar surface area (TPSA) is 26.0 Å². The van der Waals surface area contributed by atoms with Crippen molar-refractivity contribution in [3.63, 3.8) is 0 Å². The molecule has 1 aromatic rings. The molecule has 0 radical (unpaired) electrons. The van der Waals surface area contributed by atoms with Crippen LogP contribution in [-0.4, -0.2) is 4.98 Å². The Labute approximate surface area is 54.7 Å². The first-order valence-corrected chi connectivity index (χ1v) is 1.68. The van der Waals surface area contributed by atoms with Crippen LogP contribution < -0.4 is 0 Å². The molecular weight excluding hydrogens is 143 g/mol. The fourth-order valence-corrected chi connectivity index (χ4v) is 0.236. The van der Waals surface area contributed by atoms with Crippen molar-refractivity contribution in [2.45, 2.75) is 6.92 Å². The SMILES string of the molecule is Cc1co[c-]n1.[Zn]. The smallest absolute Gasteiger partial charge is 0.102 e. The molecular formula is C4H4NOZn-. The van der Waals surface area contributed by atoms with Gasteiger partial charge in [0.05, 0.1) is 0 Å². The van der Waals surface area contributed by atoms with Gasteiger partial charge < -0.3 is 9.40 Å². The van der Waals surface area contributed by atoms with E-state index in [2.05, 4.69) is 15.8 Å². The maximum absolute atomic E-state index is 4.48. The molecule has 0 spiro atoms. The number of nitrogens with zero attached hydrogens (tertiary/aromatic N) is 1. The van der Waals surface area contributed by atoms with Gasteiger partial charge in [-0.1, -0.05) is 12.6 Å². The fourth-order valence-electron chi connectivity index (χ4n) is 0.236. The average Bonchev–Trinajstić information content (AvgIpc) is 1.86. The molecule has 0 aromatic carbocycles. The van der Waals surface area contributed by atoms with Crippen molar-refractivity contribution in [1.82, 2.24) is 4.98 Å². The Balaban J connectivity index is 0.000000360. The van der Waals surface area contributed by atoms with E-state index in [1.807, 2.05) is 6.92 Å². The minimum atomic E-state index is 0. The third-order valence-corrected chi connectivity index (χ3v) is 0.504. The van der Waals surface area contributed by atoms with Gasteiger partial charge in [0.25, 0.3) is 0 Å². The van der Waals surface area contributed by atoms with Crippen molar-refractivity contribution >= 4 is 0 Å². The van der Waals surface area contributed by atoms with Crippen LogP contribution in [0.4, 0.5) is 0 Å². The van der Waals surface area contributed by atoms with Gasteiger partial charge in [0, 0.05) is 19.5 Å². The molecule has 0 N–H and O–H groups in total. The van der Waals surface area contributed by atoms with Gasteiger partial charge in [0.2, 0.25) is 0 Å². The summed E-state index contributed by atoms with van der Waals surface area (Å²) in [5, 5.41) is 0. The van der Waals surface area contributed by atoms with Crippen molar-refractivity contribution in [1.29, 1.82) is 0 Å². The van der Waals surface area contributed by atoms with Crippen LogP contribution in [0.25, 0.3) is 0 Å². The zero-order chi connectivity index (χ0) is 4.41. The predicted octanol–water partition coefficient (Wildman–Crippen LogP) is 0.781. The summed E-state index contributed by atoms with van der Waals surface area (Å²) in [6, 6.07) is 0. The third kappa shape index (κ3) is 1.84. The molecule has 0 fully saturated rings. The van der Waals surface area contributed by atoms with Crippen LogP contribution in [0, 0.1) is 13.3 Å². The van der Waals surface area contributed by atoms with E-state index in [0.717, 1.165) is 5.69 Å². The molecule has 0 aliphatic rings. The number of hydrogen-bond acceptors (Lipinski definition) is 2. The summed E-state index contributed by atoms with van der Waals surface area (Å²) in [4.78, 5) is 3.62. The summed E-state index contributed by atoms with van der Waals surface area (Å²) in [7, 11) is 0. The first-order chi connectivity index (χ1) is 2.89. The van der Waals surface area contributed by atoms with E-state index < -0.39 is 0 Å². The molecule has 1 aromatic heterocycles. The summed E-state index contributed by atoms with van der Waals surface area (Å²) in [5.41, 5.74) is 0.870. The largest absolute Gasteiger partial charge is 0.581 e. The molecule has 2 nitrogen and oxygen atoms in total. The zero-order valence-corrected chi connectivity index (χ0v) is 7.11. The zero-order valence-electron chi connectivity index (χ0n) is 4.14. The molecule has 0 aliphatic heterocycles. The molecule has 0 saturated heterocycles. The first kappa shape index (κ1) is 6.83. The number of hydrogen-bond donors (Lipinski definition) is 0. The van der Waals surface area contributed by atoms with Crippen LogP contribution in [0.2, 0.25) is 0 Å². The van der Waals surface area contributed by atoms with E-state index in [4.69, 9.17) is 0 Å². The minimum absolute atomic E-state index is 0. The second-order valence-corrected chi connectivity index (χ2v) is 1.08. The number of oxazole rings is 1. The fraction of sp³-hybridized carbons (Fsp3) is 0.250. The van der Waals surface area contributed by atoms with Crippen LogP contribution in [0.5, 0.6) is 0 Å². The van der Waals surface area contributed by atoms with Gasteiger partial charge in [0.1, 0.15) is 6.39 Å². The summed E-state index contributed by atoms with van der Waals surface area (Å²) in [6.07, 6.45) is 3.85. The van der Waals surface area contributed by atoms with Gasteiger partial charge in [-0.05, 0) is 6.26 Å². The first-order valence-electron chi connectivity index (χ1n) is 1.68. The number of rotatable bonds is 0. The van der Waals surface area contributed by atoms with Gasteiger partial charge in [-0.3, -0.25) is 0 Å². The maximum Gasteiger partial charge on any atom is 0.102 e. The van der Waals surface area contributed by atoms with E-state index in [-0.39, 0.29) is 19.5 Å². The minimum Gasteiger partial charge on any atom is -0.581 e. The summed E-state index contributed by atoms with van der Waals surface area (Å²) in [6.45, 7) is 1.85. The molecule has 0 saturated carbocycles. The Morgan fingerprint density at radius 2 is 2.57 bits per heavy atom. The third-order valence-electron chi connectivity index (χ3n) is 0.504. The van der Waals surface area contributed by atoms with Crippen LogP contribution in [0.1, 0.15) is 5.69 Å². The van der Waals surface area contributed by atoms with Crippen molar-refractivity contribution in [3.8, 4) is 0 Å². The molecule has 1 heterocycles. The summed E-state index contributed by atoms with van der Waals surface area (Å²) < 4.78 is 4.48. The van der Waals surface area contributed by atoms with Crippen LogP contribution in [-0.2, 0) is 19.5 Å². The van der Waals surface area contributed by atoms with Crippen molar-refractivity contribution < 1.29 is 23.9 Å². The van der Waals surface area contributed by atoms with Crippen molar-refractivity contribution in [3.05, 3.63) is 18.4 Å². The van der Waals surface area contributed by atoms with Crippen molar-refractivity contribution in [2.75, 3.05) is 0 Å². The van der Waals surface area contributed by atoms with Gasteiger partial charge in [-0.2, -0.15) is 0 Å². The molecule has 0 unspecified atom stereocenters. The van der Waals surface area contributed by atoms with E-state index >= 15 is 0 Å². The molecule has 0 aliphatic carbocycles. The monoisotopic (exact) mass is 146 g/mol. The Morgan fingerprint density at radius 1 is 1.86 bits per heavy atom. The molecule has 34 valence electrons. The van der Waals surface area contributed by atoms with Gasteiger partial charge in [0.15, 0.2) is 0 Å². The standard InChI is InChI=1S/C4H4NO.Zn/c1-4-2-6-3-5-4;/h2H,1H3;/q-1;. The second-order valence-electron chi connectivity index (χ2n) is 1.08. The Bertz CT molecular complexity index is 115. The maximum atomic E-state index is 4.48. The second kappa shape index (κ2) is 2.92. The molecule has 0 atom stereocenters. The quantitative estimate of drug-likeness (QED) is 0.400. The van der Waals surface area contributed by atoms with E-state index in [1.54, 1.807) is 6.26 Å². The molecule has 7 heavy (non-hydrogen) atoms. The molecule has 0 bridgehead atoms. The average molecular weight is 147 g/mol. The summed E-state index contributed by atoms with van der Waals surface area (Å²) in [5.74, 6) is 0. The Hall–Kier alpha value is -0.167. The van der Waals surface area contributed by atoms with Crippen LogP contribution in [0.15, 0.2) is 10.7 Å².